The van der Waals surface area contributed by atoms with Crippen molar-refractivity contribution in [3.05, 3.63) is 64.7 Å². The standard InChI is InChI=1S/C25H32ClNO5S/c1-25(2,3)32-24(31)27(17-22(28)19-6-4-7-20(26)16-19)14-13-18-9-11-21(12-10-18)33-15-5-8-23(29)30/h4,6-7,9-12,16,22,28H,5,8,13-15,17H2,1-3H3,(H,29,30)/t22-/m0/s1. The highest BCUT2D eigenvalue weighted by molar-refractivity contribution is 7.99. The van der Waals surface area contributed by atoms with E-state index in [0.29, 0.717) is 30.0 Å². The lowest BCUT2D eigenvalue weighted by molar-refractivity contribution is -0.137. The Balaban J connectivity index is 1.99. The smallest absolute Gasteiger partial charge is 0.410 e. The number of aliphatic carboxylic acids is 1. The summed E-state index contributed by atoms with van der Waals surface area (Å²) in [4.78, 5) is 26.0. The molecule has 6 nitrogen and oxygen atoms in total. The first-order chi connectivity index (χ1) is 15.5. The molecule has 2 aromatic carbocycles. The molecule has 1 atom stereocenters. The number of aliphatic hydroxyl groups is 1. The Hall–Kier alpha value is -2.22. The molecule has 0 fully saturated rings. The number of carboxylic acids is 1. The number of carbonyl (C=O) groups is 2. The molecule has 0 aliphatic heterocycles. The molecule has 2 aromatic rings. The molecule has 0 aromatic heterocycles. The van der Waals surface area contributed by atoms with Gasteiger partial charge >= 0.3 is 12.1 Å². The van der Waals surface area contributed by atoms with Crippen molar-refractivity contribution in [1.82, 2.24) is 4.90 Å². The second-order valence-electron chi connectivity index (χ2n) is 8.74. The number of carboxylic acid groups (broad SMARTS) is 1. The molecule has 33 heavy (non-hydrogen) atoms. The van der Waals surface area contributed by atoms with E-state index in [4.69, 9.17) is 21.4 Å². The van der Waals surface area contributed by atoms with Crippen LogP contribution in [0.4, 0.5) is 4.79 Å². The maximum atomic E-state index is 12.8. The van der Waals surface area contributed by atoms with E-state index in [0.717, 1.165) is 16.2 Å². The van der Waals surface area contributed by atoms with Crippen molar-refractivity contribution >= 4 is 35.4 Å². The minimum absolute atomic E-state index is 0.0900. The van der Waals surface area contributed by atoms with Gasteiger partial charge in [0.05, 0.1) is 12.6 Å². The molecule has 0 saturated carbocycles. The summed E-state index contributed by atoms with van der Waals surface area (Å²) in [5.41, 5.74) is 1.05. The van der Waals surface area contributed by atoms with Crippen molar-refractivity contribution in [3.63, 3.8) is 0 Å². The second-order valence-corrected chi connectivity index (χ2v) is 10.3. The highest BCUT2D eigenvalue weighted by Crippen LogP contribution is 2.22. The van der Waals surface area contributed by atoms with Gasteiger partial charge in [-0.2, -0.15) is 0 Å². The van der Waals surface area contributed by atoms with E-state index in [1.54, 1.807) is 36.0 Å². The largest absolute Gasteiger partial charge is 0.481 e. The van der Waals surface area contributed by atoms with E-state index in [-0.39, 0.29) is 13.0 Å². The van der Waals surface area contributed by atoms with Gasteiger partial charge in [-0.25, -0.2) is 4.79 Å². The van der Waals surface area contributed by atoms with Crippen LogP contribution in [0, 0.1) is 0 Å². The number of hydrogen-bond donors (Lipinski definition) is 2. The van der Waals surface area contributed by atoms with Gasteiger partial charge in [-0.05, 0) is 74.8 Å². The monoisotopic (exact) mass is 493 g/mol. The summed E-state index contributed by atoms with van der Waals surface area (Å²) in [7, 11) is 0. The van der Waals surface area contributed by atoms with E-state index in [2.05, 4.69) is 0 Å². The molecule has 180 valence electrons. The van der Waals surface area contributed by atoms with Crippen LogP contribution in [0.3, 0.4) is 0 Å². The van der Waals surface area contributed by atoms with Crippen molar-refractivity contribution in [2.75, 3.05) is 18.8 Å². The molecule has 0 heterocycles. The molecule has 2 N–H and O–H groups in total. The molecule has 0 spiro atoms. The summed E-state index contributed by atoms with van der Waals surface area (Å²) >= 11 is 7.66. The lowest BCUT2D eigenvalue weighted by Gasteiger charge is -2.29. The van der Waals surface area contributed by atoms with Crippen LogP contribution in [0.15, 0.2) is 53.4 Å². The first-order valence-electron chi connectivity index (χ1n) is 10.9. The Labute approximate surface area is 204 Å². The Morgan fingerprint density at radius 3 is 2.45 bits per heavy atom. The minimum Gasteiger partial charge on any atom is -0.481 e. The first kappa shape index (κ1) is 27.0. The van der Waals surface area contributed by atoms with E-state index >= 15 is 0 Å². The van der Waals surface area contributed by atoms with E-state index in [1.165, 1.54) is 4.90 Å². The van der Waals surface area contributed by atoms with Crippen LogP contribution in [0.2, 0.25) is 5.02 Å². The summed E-state index contributed by atoms with van der Waals surface area (Å²) in [5.74, 6) is -0.0274. The minimum atomic E-state index is -0.888. The number of halogens is 1. The SMILES string of the molecule is CC(C)(C)OC(=O)N(CCc1ccc(SCCCC(=O)O)cc1)C[C@H](O)c1cccc(Cl)c1. The molecule has 0 radical (unpaired) electrons. The molecule has 0 aliphatic rings. The average Bonchev–Trinajstić information content (AvgIpc) is 2.73. The van der Waals surface area contributed by atoms with Gasteiger partial charge < -0.3 is 19.8 Å². The normalized spacial score (nSPS) is 12.3. The topological polar surface area (TPSA) is 87.1 Å². The van der Waals surface area contributed by atoms with Crippen LogP contribution in [-0.4, -0.2) is 51.6 Å². The van der Waals surface area contributed by atoms with Crippen LogP contribution in [-0.2, 0) is 16.0 Å². The quantitative estimate of drug-likeness (QED) is 0.303. The zero-order valence-electron chi connectivity index (χ0n) is 19.3. The van der Waals surface area contributed by atoms with Crippen molar-refractivity contribution < 1.29 is 24.5 Å². The van der Waals surface area contributed by atoms with Crippen molar-refractivity contribution in [2.24, 2.45) is 0 Å². The van der Waals surface area contributed by atoms with Gasteiger partial charge in [0.15, 0.2) is 0 Å². The molecule has 0 saturated heterocycles. The maximum Gasteiger partial charge on any atom is 0.410 e. The predicted octanol–water partition coefficient (Wildman–Crippen LogP) is 5.81. The number of ether oxygens (including phenoxy) is 1. The zero-order chi connectivity index (χ0) is 24.4. The molecule has 8 heteroatoms. The summed E-state index contributed by atoms with van der Waals surface area (Å²) in [6, 6.07) is 15.0. The Kier molecular flexibility index (Phi) is 10.5. The first-order valence-corrected chi connectivity index (χ1v) is 12.2. The molecule has 0 bridgehead atoms. The third-order valence-electron chi connectivity index (χ3n) is 4.68. The number of aliphatic hydroxyl groups excluding tert-OH is 1. The summed E-state index contributed by atoms with van der Waals surface area (Å²) in [6.45, 7) is 5.90. The average molecular weight is 494 g/mol. The lowest BCUT2D eigenvalue weighted by atomic mass is 10.1. The van der Waals surface area contributed by atoms with Crippen LogP contribution < -0.4 is 0 Å². The fraction of sp³-hybridized carbons (Fsp3) is 0.440. The number of nitrogens with zero attached hydrogens (tertiary/aromatic N) is 1. The van der Waals surface area contributed by atoms with Crippen molar-refractivity contribution in [1.29, 1.82) is 0 Å². The van der Waals surface area contributed by atoms with Gasteiger partial charge in [0.25, 0.3) is 0 Å². The van der Waals surface area contributed by atoms with Gasteiger partial charge in [-0.3, -0.25) is 4.79 Å². The molecular formula is C25H32ClNO5S. The van der Waals surface area contributed by atoms with E-state index in [9.17, 15) is 14.7 Å². The zero-order valence-corrected chi connectivity index (χ0v) is 20.9. The third kappa shape index (κ3) is 10.5. The number of carbonyl (C=O) groups excluding carboxylic acids is 1. The van der Waals surface area contributed by atoms with Crippen LogP contribution in [0.5, 0.6) is 0 Å². The maximum absolute atomic E-state index is 12.8. The van der Waals surface area contributed by atoms with Gasteiger partial charge in [-0.1, -0.05) is 35.9 Å². The fourth-order valence-corrected chi connectivity index (χ4v) is 4.09. The lowest BCUT2D eigenvalue weighted by Crippen LogP contribution is -2.40. The second kappa shape index (κ2) is 12.9. The fourth-order valence-electron chi connectivity index (χ4n) is 3.04. The van der Waals surface area contributed by atoms with Crippen molar-refractivity contribution in [2.45, 2.75) is 56.6 Å². The third-order valence-corrected chi connectivity index (χ3v) is 6.01. The number of benzene rings is 2. The number of amides is 1. The van der Waals surface area contributed by atoms with Gasteiger partial charge in [0.2, 0.25) is 0 Å². The van der Waals surface area contributed by atoms with Gasteiger partial charge in [0, 0.05) is 22.9 Å². The number of hydrogen-bond acceptors (Lipinski definition) is 5. The summed E-state index contributed by atoms with van der Waals surface area (Å²) in [6.07, 6.45) is 0.0367. The van der Waals surface area contributed by atoms with Crippen LogP contribution in [0.1, 0.15) is 50.8 Å². The van der Waals surface area contributed by atoms with Gasteiger partial charge in [0.1, 0.15) is 5.60 Å². The Morgan fingerprint density at radius 2 is 1.85 bits per heavy atom. The molecule has 0 unspecified atom stereocenters. The van der Waals surface area contributed by atoms with Gasteiger partial charge in [-0.15, -0.1) is 11.8 Å². The summed E-state index contributed by atoms with van der Waals surface area (Å²) in [5, 5.41) is 19.9. The van der Waals surface area contributed by atoms with E-state index in [1.807, 2.05) is 45.0 Å². The number of rotatable bonds is 11. The van der Waals surface area contributed by atoms with E-state index < -0.39 is 23.8 Å². The molecule has 1 amide bonds. The number of thioether (sulfide) groups is 1. The molecular weight excluding hydrogens is 462 g/mol. The van der Waals surface area contributed by atoms with Crippen molar-refractivity contribution in [3.8, 4) is 0 Å². The Morgan fingerprint density at radius 1 is 1.15 bits per heavy atom. The van der Waals surface area contributed by atoms with Crippen LogP contribution in [0.25, 0.3) is 0 Å². The highest BCUT2D eigenvalue weighted by Gasteiger charge is 2.24. The summed E-state index contributed by atoms with van der Waals surface area (Å²) < 4.78 is 5.54. The molecule has 0 aliphatic carbocycles. The highest BCUT2D eigenvalue weighted by atomic mass is 35.5. The molecule has 2 rings (SSSR count). The predicted molar refractivity (Wildman–Crippen MR) is 132 cm³/mol. The Bertz CT molecular complexity index is 914. The van der Waals surface area contributed by atoms with Crippen LogP contribution >= 0.6 is 23.4 Å².